The fourth-order valence-electron chi connectivity index (χ4n) is 3.84. The largest absolute Gasteiger partial charge is 0.366 e. The molecule has 0 bridgehead atoms. The Bertz CT molecular complexity index is 678. The van der Waals surface area contributed by atoms with Crippen LogP contribution < -0.4 is 5.32 Å². The fourth-order valence-corrected chi connectivity index (χ4v) is 3.84. The summed E-state index contributed by atoms with van der Waals surface area (Å²) in [5.74, 6) is 0. The number of hydrogen-bond acceptors (Lipinski definition) is 4. The normalized spacial score (nSPS) is 42.0. The number of nitrogens with one attached hydrogen (secondary N) is 1. The Balaban J connectivity index is 1.35. The molecule has 3 saturated heterocycles. The van der Waals surface area contributed by atoms with Gasteiger partial charge >= 0.3 is 0 Å². The van der Waals surface area contributed by atoms with E-state index in [0.717, 1.165) is 0 Å². The SMILES string of the molecule is O[C@@H]1OC(C2N[C@@H]2c2ccccc2)N2C1[C@H]2c1ccccc1. The molecule has 4 unspecified atom stereocenters. The van der Waals surface area contributed by atoms with Crippen molar-refractivity contribution in [3.63, 3.8) is 0 Å². The van der Waals surface area contributed by atoms with Gasteiger partial charge in [-0.1, -0.05) is 60.7 Å². The van der Waals surface area contributed by atoms with E-state index in [9.17, 15) is 5.11 Å². The van der Waals surface area contributed by atoms with E-state index in [-0.39, 0.29) is 24.4 Å². The fraction of sp³-hybridized carbons (Fsp3) is 0.333. The van der Waals surface area contributed by atoms with Crippen LogP contribution >= 0.6 is 0 Å². The van der Waals surface area contributed by atoms with E-state index in [4.69, 9.17) is 4.74 Å². The van der Waals surface area contributed by atoms with Crippen molar-refractivity contribution in [1.29, 1.82) is 0 Å². The molecule has 0 aliphatic carbocycles. The average Bonchev–Trinajstić information content (AvgIpc) is 3.47. The number of aliphatic hydroxyl groups excluding tert-OH is 1. The quantitative estimate of drug-likeness (QED) is 0.848. The van der Waals surface area contributed by atoms with E-state index in [1.165, 1.54) is 11.1 Å². The highest BCUT2D eigenvalue weighted by molar-refractivity contribution is 5.33. The zero-order chi connectivity index (χ0) is 14.7. The van der Waals surface area contributed by atoms with Crippen LogP contribution in [0.25, 0.3) is 0 Å². The summed E-state index contributed by atoms with van der Waals surface area (Å²) in [6.07, 6.45) is -0.732. The van der Waals surface area contributed by atoms with E-state index in [0.29, 0.717) is 6.04 Å². The minimum atomic E-state index is -0.686. The molecule has 2 aromatic rings. The lowest BCUT2D eigenvalue weighted by atomic mass is 10.1. The van der Waals surface area contributed by atoms with Crippen molar-refractivity contribution < 1.29 is 9.84 Å². The van der Waals surface area contributed by atoms with Gasteiger partial charge in [0, 0.05) is 0 Å². The second-order valence-electron chi connectivity index (χ2n) is 6.29. The third-order valence-corrected chi connectivity index (χ3v) is 4.99. The first-order valence-corrected chi connectivity index (χ1v) is 7.81. The lowest BCUT2D eigenvalue weighted by Gasteiger charge is -2.17. The van der Waals surface area contributed by atoms with Gasteiger partial charge in [0.15, 0.2) is 6.29 Å². The highest BCUT2D eigenvalue weighted by atomic mass is 16.6. The number of nitrogens with zero attached hydrogens (tertiary/aromatic N) is 1. The van der Waals surface area contributed by atoms with E-state index in [2.05, 4.69) is 58.7 Å². The standard InChI is InChI=1S/C18H18N2O2/c21-18-16-15(12-9-5-2-6-10-12)20(16)17(22-18)14-13(19-14)11-7-3-1-4-8-11/h1-10,13-19,21H/t13-,14?,15-,16?,17?,18-,20?/m1/s1. The molecule has 0 saturated carbocycles. The molecule has 3 heterocycles. The summed E-state index contributed by atoms with van der Waals surface area (Å²) in [5.41, 5.74) is 2.55. The lowest BCUT2D eigenvalue weighted by molar-refractivity contribution is -0.118. The van der Waals surface area contributed by atoms with Gasteiger partial charge in [0.1, 0.15) is 6.23 Å². The van der Waals surface area contributed by atoms with Crippen LogP contribution in [0.3, 0.4) is 0 Å². The summed E-state index contributed by atoms with van der Waals surface area (Å²) in [6.45, 7) is 0. The topological polar surface area (TPSA) is 54.4 Å². The predicted molar refractivity (Wildman–Crippen MR) is 81.8 cm³/mol. The third kappa shape index (κ3) is 1.85. The van der Waals surface area contributed by atoms with Crippen LogP contribution in [-0.2, 0) is 4.74 Å². The van der Waals surface area contributed by atoms with Crippen molar-refractivity contribution in [2.24, 2.45) is 0 Å². The maximum absolute atomic E-state index is 10.2. The Morgan fingerprint density at radius 2 is 1.55 bits per heavy atom. The van der Waals surface area contributed by atoms with Crippen molar-refractivity contribution in [1.82, 2.24) is 10.2 Å². The van der Waals surface area contributed by atoms with Gasteiger partial charge in [-0.15, -0.1) is 0 Å². The summed E-state index contributed by atoms with van der Waals surface area (Å²) < 4.78 is 5.77. The van der Waals surface area contributed by atoms with Crippen LogP contribution in [0.4, 0.5) is 0 Å². The van der Waals surface area contributed by atoms with E-state index >= 15 is 0 Å². The van der Waals surface area contributed by atoms with Gasteiger partial charge in [-0.05, 0) is 11.1 Å². The Hall–Kier alpha value is -1.72. The molecule has 2 N–H and O–H groups in total. The second-order valence-corrected chi connectivity index (χ2v) is 6.29. The van der Waals surface area contributed by atoms with Crippen molar-refractivity contribution in [3.8, 4) is 0 Å². The minimum Gasteiger partial charge on any atom is -0.366 e. The molecular weight excluding hydrogens is 276 g/mol. The molecule has 0 spiro atoms. The zero-order valence-corrected chi connectivity index (χ0v) is 12.0. The maximum Gasteiger partial charge on any atom is 0.174 e. The summed E-state index contributed by atoms with van der Waals surface area (Å²) in [7, 11) is 0. The maximum atomic E-state index is 10.2. The van der Waals surface area contributed by atoms with Gasteiger partial charge in [0.2, 0.25) is 0 Å². The number of rotatable bonds is 3. The monoisotopic (exact) mass is 294 g/mol. The minimum absolute atomic E-state index is 0.0459. The van der Waals surface area contributed by atoms with Crippen LogP contribution in [0, 0.1) is 0 Å². The van der Waals surface area contributed by atoms with Gasteiger partial charge < -0.3 is 15.2 Å². The van der Waals surface area contributed by atoms with Gasteiger partial charge in [0.05, 0.1) is 24.2 Å². The molecule has 0 amide bonds. The summed E-state index contributed by atoms with van der Waals surface area (Å²) in [5, 5.41) is 13.7. The van der Waals surface area contributed by atoms with Gasteiger partial charge in [0.25, 0.3) is 0 Å². The summed E-state index contributed by atoms with van der Waals surface area (Å²) in [4.78, 5) is 2.29. The molecule has 5 rings (SSSR count). The number of benzene rings is 2. The average molecular weight is 294 g/mol. The van der Waals surface area contributed by atoms with Crippen LogP contribution in [0.2, 0.25) is 0 Å². The van der Waals surface area contributed by atoms with Gasteiger partial charge in [-0.25, -0.2) is 0 Å². The molecule has 2 aromatic carbocycles. The molecule has 3 aliphatic heterocycles. The Morgan fingerprint density at radius 1 is 0.909 bits per heavy atom. The first kappa shape index (κ1) is 12.8. The van der Waals surface area contributed by atoms with Crippen molar-refractivity contribution in [3.05, 3.63) is 71.8 Å². The smallest absolute Gasteiger partial charge is 0.174 e. The number of ether oxygens (including phenoxy) is 1. The number of aliphatic hydroxyl groups is 1. The lowest BCUT2D eigenvalue weighted by Crippen LogP contribution is -2.29. The summed E-state index contributed by atoms with van der Waals surface area (Å²) >= 11 is 0. The molecule has 3 aliphatic rings. The van der Waals surface area contributed by atoms with E-state index in [1.807, 2.05) is 12.1 Å². The Morgan fingerprint density at radius 3 is 2.23 bits per heavy atom. The molecule has 0 aromatic heterocycles. The van der Waals surface area contributed by atoms with Crippen molar-refractivity contribution in [2.75, 3.05) is 0 Å². The third-order valence-electron chi connectivity index (χ3n) is 4.99. The highest BCUT2D eigenvalue weighted by Gasteiger charge is 2.66. The molecule has 7 atom stereocenters. The molecule has 22 heavy (non-hydrogen) atoms. The van der Waals surface area contributed by atoms with Crippen LogP contribution in [0.15, 0.2) is 60.7 Å². The van der Waals surface area contributed by atoms with Gasteiger partial charge in [-0.3, -0.25) is 4.90 Å². The zero-order valence-electron chi connectivity index (χ0n) is 12.0. The van der Waals surface area contributed by atoms with Crippen LogP contribution in [0.1, 0.15) is 23.2 Å². The first-order chi connectivity index (χ1) is 10.8. The van der Waals surface area contributed by atoms with Crippen molar-refractivity contribution >= 4 is 0 Å². The van der Waals surface area contributed by atoms with Crippen molar-refractivity contribution in [2.45, 2.75) is 36.7 Å². The molecule has 3 fully saturated rings. The molecular formula is C18H18N2O2. The van der Waals surface area contributed by atoms with E-state index in [1.54, 1.807) is 0 Å². The van der Waals surface area contributed by atoms with Crippen LogP contribution in [-0.4, -0.2) is 34.6 Å². The molecule has 112 valence electrons. The van der Waals surface area contributed by atoms with Crippen LogP contribution in [0.5, 0.6) is 0 Å². The Labute approximate surface area is 129 Å². The first-order valence-electron chi connectivity index (χ1n) is 7.81. The van der Waals surface area contributed by atoms with E-state index < -0.39 is 6.29 Å². The molecule has 4 heteroatoms. The Kier molecular flexibility index (Phi) is 2.69. The van der Waals surface area contributed by atoms with Gasteiger partial charge in [-0.2, -0.15) is 0 Å². The highest BCUT2D eigenvalue weighted by Crippen LogP contribution is 2.55. The second kappa shape index (κ2) is 4.64. The summed E-state index contributed by atoms with van der Waals surface area (Å²) in [6, 6.07) is 21.8. The number of hydrogen-bond donors (Lipinski definition) is 2. The molecule has 4 nitrogen and oxygen atoms in total. The predicted octanol–water partition coefficient (Wildman–Crippen LogP) is 1.80. The number of fused-ring (bicyclic) bond motifs is 1. The molecule has 0 radical (unpaired) electrons.